The number of halogens is 1. The SMILES string of the molecule is CCNC(=O)OC1CCC(c2ccc(-c3nc4c(cc3Cl)nc(O[C@@H]3CO[C@H]5[C@@H]3OC[C@H]5O[Si](C)(C)C(C)(C)C)n4COCC[Si](C)(C)C)cc2)CC1. The van der Waals surface area contributed by atoms with E-state index < -0.39 is 16.4 Å². The Labute approximate surface area is 321 Å². The molecule has 53 heavy (non-hydrogen) atoms. The lowest BCUT2D eigenvalue weighted by Crippen LogP contribution is -2.47. The van der Waals surface area contributed by atoms with E-state index in [1.54, 1.807) is 0 Å². The lowest BCUT2D eigenvalue weighted by Gasteiger charge is -2.39. The molecule has 0 radical (unpaired) electrons. The van der Waals surface area contributed by atoms with Crippen LogP contribution in [0.1, 0.15) is 64.9 Å². The zero-order chi connectivity index (χ0) is 38.1. The topological polar surface area (TPSA) is 115 Å². The molecule has 0 spiro atoms. The monoisotopic (exact) mass is 786 g/mol. The van der Waals surface area contributed by atoms with Crippen LogP contribution >= 0.6 is 11.6 Å². The quantitative estimate of drug-likeness (QED) is 0.134. The van der Waals surface area contributed by atoms with E-state index >= 15 is 0 Å². The van der Waals surface area contributed by atoms with Gasteiger partial charge in [0.1, 0.15) is 30.6 Å². The molecule has 1 amide bonds. The maximum atomic E-state index is 11.9. The van der Waals surface area contributed by atoms with Crippen molar-refractivity contribution in [3.63, 3.8) is 0 Å². The van der Waals surface area contributed by atoms with E-state index in [1.165, 1.54) is 5.56 Å². The van der Waals surface area contributed by atoms with Crippen molar-refractivity contribution in [2.45, 2.75) is 140 Å². The zero-order valence-electron chi connectivity index (χ0n) is 33.0. The molecule has 1 aromatic carbocycles. The number of benzene rings is 1. The number of nitrogens with zero attached hydrogens (tertiary/aromatic N) is 3. The molecule has 4 atom stereocenters. The van der Waals surface area contributed by atoms with Gasteiger partial charge >= 0.3 is 12.1 Å². The Kier molecular flexibility index (Phi) is 12.3. The molecule has 14 heteroatoms. The van der Waals surface area contributed by atoms with Crippen molar-refractivity contribution >= 4 is 45.2 Å². The lowest BCUT2D eigenvalue weighted by molar-refractivity contribution is 0.00687. The van der Waals surface area contributed by atoms with Gasteiger partial charge < -0.3 is 33.4 Å². The van der Waals surface area contributed by atoms with E-state index in [0.29, 0.717) is 60.2 Å². The molecule has 2 saturated heterocycles. The second-order valence-corrected chi connectivity index (χ2v) is 28.3. The van der Waals surface area contributed by atoms with Crippen LogP contribution in [0.25, 0.3) is 22.4 Å². The molecule has 3 aliphatic rings. The average Bonchev–Trinajstić information content (AvgIpc) is 3.77. The highest BCUT2D eigenvalue weighted by Gasteiger charge is 2.52. The third-order valence-electron chi connectivity index (χ3n) is 11.3. The first-order chi connectivity index (χ1) is 25.0. The standard InChI is InChI=1S/C39H59ClN4O7Si2/c1-10-41-38(45)49-28-17-15-26(16-18-28)25-11-13-27(14-12-25)33-29(40)21-30-36(43-33)44(24-46-19-20-52(5,6)7)37(42-30)50-31-22-47-35-32(23-48-34(31)35)51-53(8,9)39(2,3)4/h11-14,21,26,28,31-32,34-35H,10,15-20,22-24H2,1-9H3,(H,41,45)/t26?,28?,31-,32-,34-,35-/m1/s1. The van der Waals surface area contributed by atoms with Crippen LogP contribution in [0.5, 0.6) is 6.01 Å². The van der Waals surface area contributed by atoms with Crippen LogP contribution in [-0.2, 0) is 30.1 Å². The fourth-order valence-corrected chi connectivity index (χ4v) is 9.36. The minimum Gasteiger partial charge on any atom is -0.456 e. The highest BCUT2D eigenvalue weighted by Crippen LogP contribution is 2.41. The summed E-state index contributed by atoms with van der Waals surface area (Å²) < 4.78 is 39.7. The largest absolute Gasteiger partial charge is 0.456 e. The number of nitrogens with one attached hydrogen (secondary N) is 1. The Hall–Kier alpha value is -2.53. The third kappa shape index (κ3) is 9.48. The maximum Gasteiger partial charge on any atom is 0.407 e. The molecule has 1 N–H and O–H groups in total. The smallest absolute Gasteiger partial charge is 0.407 e. The van der Waals surface area contributed by atoms with E-state index in [-0.39, 0.29) is 48.4 Å². The summed E-state index contributed by atoms with van der Waals surface area (Å²) in [5.41, 5.74) is 4.13. The third-order valence-corrected chi connectivity index (χ3v) is 17.7. The second kappa shape index (κ2) is 16.3. The van der Waals surface area contributed by atoms with Gasteiger partial charge in [-0.15, -0.1) is 0 Å². The molecule has 4 heterocycles. The maximum absolute atomic E-state index is 11.9. The fraction of sp³-hybridized carbons (Fsp3) is 0.667. The Morgan fingerprint density at radius 3 is 2.28 bits per heavy atom. The van der Waals surface area contributed by atoms with Crippen molar-refractivity contribution in [3.8, 4) is 17.3 Å². The van der Waals surface area contributed by atoms with Gasteiger partial charge in [-0.25, -0.2) is 9.78 Å². The van der Waals surface area contributed by atoms with Crippen molar-refractivity contribution in [2.24, 2.45) is 0 Å². The van der Waals surface area contributed by atoms with E-state index in [1.807, 2.05) is 17.6 Å². The number of carbonyl (C=O) groups is 1. The molecule has 1 aliphatic carbocycles. The molecule has 292 valence electrons. The van der Waals surface area contributed by atoms with Gasteiger partial charge in [-0.3, -0.25) is 4.57 Å². The number of imidazole rings is 1. The number of fused-ring (bicyclic) bond motifs is 2. The van der Waals surface area contributed by atoms with Gasteiger partial charge in [0.2, 0.25) is 0 Å². The molecule has 3 fully saturated rings. The number of rotatable bonds is 13. The Balaban J connectivity index is 1.20. The Morgan fingerprint density at radius 1 is 0.981 bits per heavy atom. The van der Waals surface area contributed by atoms with Gasteiger partial charge in [0, 0.05) is 26.8 Å². The van der Waals surface area contributed by atoms with E-state index in [0.717, 1.165) is 37.3 Å². The van der Waals surface area contributed by atoms with Gasteiger partial charge in [0.25, 0.3) is 0 Å². The predicted octanol–water partition coefficient (Wildman–Crippen LogP) is 8.77. The van der Waals surface area contributed by atoms with Crippen molar-refractivity contribution in [1.82, 2.24) is 19.9 Å². The van der Waals surface area contributed by atoms with E-state index in [2.05, 4.69) is 83.1 Å². The van der Waals surface area contributed by atoms with E-state index in [9.17, 15) is 4.79 Å². The van der Waals surface area contributed by atoms with Crippen molar-refractivity contribution in [2.75, 3.05) is 26.4 Å². The molecule has 2 aromatic heterocycles. The predicted molar refractivity (Wildman–Crippen MR) is 213 cm³/mol. The fourth-order valence-electron chi connectivity index (χ4n) is 7.03. The summed E-state index contributed by atoms with van der Waals surface area (Å²) in [5, 5.41) is 3.32. The first-order valence-electron chi connectivity index (χ1n) is 19.3. The van der Waals surface area contributed by atoms with Crippen LogP contribution in [0.4, 0.5) is 4.79 Å². The number of aromatic nitrogens is 3. The van der Waals surface area contributed by atoms with Crippen molar-refractivity contribution < 1.29 is 32.9 Å². The van der Waals surface area contributed by atoms with Crippen LogP contribution < -0.4 is 10.1 Å². The normalized spacial score (nSPS) is 25.1. The first-order valence-corrected chi connectivity index (χ1v) is 26.3. The number of hydrogen-bond donors (Lipinski definition) is 1. The van der Waals surface area contributed by atoms with Crippen LogP contribution in [0.15, 0.2) is 30.3 Å². The summed E-state index contributed by atoms with van der Waals surface area (Å²) >= 11 is 6.91. The average molecular weight is 788 g/mol. The minimum atomic E-state index is -2.02. The first kappa shape index (κ1) is 40.1. The zero-order valence-corrected chi connectivity index (χ0v) is 35.8. The van der Waals surface area contributed by atoms with Gasteiger partial charge in [0.05, 0.1) is 30.0 Å². The molecule has 0 unspecified atom stereocenters. The van der Waals surface area contributed by atoms with Gasteiger partial charge in [-0.2, -0.15) is 4.98 Å². The summed E-state index contributed by atoms with van der Waals surface area (Å²) in [6.07, 6.45) is 2.34. The summed E-state index contributed by atoms with van der Waals surface area (Å²) in [4.78, 5) is 21.9. The van der Waals surface area contributed by atoms with Gasteiger partial charge in [-0.05, 0) is 74.3 Å². The number of ether oxygens (including phenoxy) is 5. The summed E-state index contributed by atoms with van der Waals surface area (Å²) in [7, 11) is -3.32. The Morgan fingerprint density at radius 2 is 1.64 bits per heavy atom. The lowest BCUT2D eigenvalue weighted by atomic mass is 9.82. The summed E-state index contributed by atoms with van der Waals surface area (Å²) in [6, 6.07) is 11.8. The molecule has 0 bridgehead atoms. The number of amides is 1. The molecule has 2 aliphatic heterocycles. The Bertz CT molecular complexity index is 1720. The summed E-state index contributed by atoms with van der Waals surface area (Å²) in [5.74, 6) is 0.412. The van der Waals surface area contributed by atoms with Crippen LogP contribution in [0.2, 0.25) is 48.8 Å². The van der Waals surface area contributed by atoms with Crippen LogP contribution in [0.3, 0.4) is 0 Å². The molecular weight excluding hydrogens is 728 g/mol. The molecular formula is C39H59ClN4O7Si2. The minimum absolute atomic E-state index is 0.0309. The number of alkyl carbamates (subject to hydrolysis) is 1. The number of pyridine rings is 1. The second-order valence-electron chi connectivity index (χ2n) is 17.5. The molecule has 3 aromatic rings. The van der Waals surface area contributed by atoms with E-state index in [4.69, 9.17) is 49.7 Å². The highest BCUT2D eigenvalue weighted by atomic mass is 35.5. The van der Waals surface area contributed by atoms with Gasteiger partial charge in [-0.1, -0.05) is 76.3 Å². The van der Waals surface area contributed by atoms with Gasteiger partial charge in [0.15, 0.2) is 20.1 Å². The molecule has 6 rings (SSSR count). The highest BCUT2D eigenvalue weighted by molar-refractivity contribution is 6.76. The molecule has 11 nitrogen and oxygen atoms in total. The van der Waals surface area contributed by atoms with Crippen molar-refractivity contribution in [3.05, 3.63) is 40.9 Å². The van der Waals surface area contributed by atoms with Crippen LogP contribution in [-0.4, -0.2) is 93.9 Å². The van der Waals surface area contributed by atoms with Crippen molar-refractivity contribution in [1.29, 1.82) is 0 Å². The molecule has 1 saturated carbocycles. The number of hydrogen-bond acceptors (Lipinski definition) is 9. The number of carbonyl (C=O) groups excluding carboxylic acids is 1. The van der Waals surface area contributed by atoms with Crippen LogP contribution in [0, 0.1) is 0 Å². The summed E-state index contributed by atoms with van der Waals surface area (Å²) in [6.45, 7) is 22.5.